The highest BCUT2D eigenvalue weighted by Gasteiger charge is 2.47. The third kappa shape index (κ3) is 4.88. The number of fused-ring (bicyclic) bond motifs is 1. The van der Waals surface area contributed by atoms with Crippen molar-refractivity contribution in [2.24, 2.45) is 10.9 Å². The van der Waals surface area contributed by atoms with Crippen LogP contribution in [0.2, 0.25) is 5.02 Å². The van der Waals surface area contributed by atoms with Crippen molar-refractivity contribution in [3.63, 3.8) is 0 Å². The largest absolute Gasteiger partial charge is 0.351 e. The molecule has 7 rings (SSSR count). The van der Waals surface area contributed by atoms with E-state index in [-0.39, 0.29) is 28.8 Å². The lowest BCUT2D eigenvalue weighted by Gasteiger charge is -2.32. The maximum absolute atomic E-state index is 14.0. The van der Waals surface area contributed by atoms with Gasteiger partial charge in [0.2, 0.25) is 5.91 Å². The van der Waals surface area contributed by atoms with E-state index in [0.29, 0.717) is 45.3 Å². The molecule has 13 heteroatoms. The number of hydrogen-bond donors (Lipinski definition) is 1. The monoisotopic (exact) mass is 609 g/mol. The number of carbonyl (C=O) groups is 1. The number of thiazole rings is 1. The molecular formula is C29H23ClF3N7OS. The number of amides is 1. The van der Waals surface area contributed by atoms with Crippen molar-refractivity contribution in [1.29, 1.82) is 0 Å². The molecule has 42 heavy (non-hydrogen) atoms. The Morgan fingerprint density at radius 2 is 2.02 bits per heavy atom. The van der Waals surface area contributed by atoms with Crippen LogP contribution in [0, 0.1) is 11.7 Å². The fourth-order valence-electron chi connectivity index (χ4n) is 5.77. The maximum Gasteiger partial charge on any atom is 0.333 e. The van der Waals surface area contributed by atoms with Crippen LogP contribution in [-0.4, -0.2) is 49.0 Å². The van der Waals surface area contributed by atoms with Crippen molar-refractivity contribution >= 4 is 40.3 Å². The topological polar surface area (TPSA) is 88.3 Å². The summed E-state index contributed by atoms with van der Waals surface area (Å²) in [6.45, 7) is -2.42. The van der Waals surface area contributed by atoms with Crippen LogP contribution in [0.5, 0.6) is 0 Å². The van der Waals surface area contributed by atoms with Crippen LogP contribution in [0.4, 0.5) is 13.2 Å². The van der Waals surface area contributed by atoms with Crippen molar-refractivity contribution < 1.29 is 18.0 Å². The molecule has 1 saturated heterocycles. The summed E-state index contributed by atoms with van der Waals surface area (Å²) >= 11 is 7.93. The number of amidine groups is 1. The normalized spacial score (nSPS) is 23.3. The lowest BCUT2D eigenvalue weighted by molar-refractivity contribution is -0.123. The third-order valence-electron chi connectivity index (χ3n) is 7.77. The van der Waals surface area contributed by atoms with Crippen LogP contribution in [0.15, 0.2) is 77.1 Å². The molecule has 1 amide bonds. The Kier molecular flexibility index (Phi) is 6.82. The predicted octanol–water partition coefficient (Wildman–Crippen LogP) is 5.83. The van der Waals surface area contributed by atoms with Gasteiger partial charge in [-0.3, -0.25) is 14.8 Å². The van der Waals surface area contributed by atoms with Crippen LogP contribution in [0.3, 0.4) is 0 Å². The first-order chi connectivity index (χ1) is 20.4. The minimum Gasteiger partial charge on any atom is -0.351 e. The summed E-state index contributed by atoms with van der Waals surface area (Å²) in [5.41, 5.74) is 3.04. The van der Waals surface area contributed by atoms with E-state index < -0.39 is 18.4 Å². The van der Waals surface area contributed by atoms with Gasteiger partial charge in [-0.15, -0.1) is 11.3 Å². The summed E-state index contributed by atoms with van der Waals surface area (Å²) in [4.78, 5) is 29.1. The Bertz CT molecular complexity index is 1710. The summed E-state index contributed by atoms with van der Waals surface area (Å²) in [5.74, 6) is -0.0667. The van der Waals surface area contributed by atoms with Gasteiger partial charge in [0.25, 0.3) is 0 Å². The van der Waals surface area contributed by atoms with Crippen molar-refractivity contribution in [1.82, 2.24) is 30.0 Å². The number of aromatic nitrogens is 4. The molecule has 3 aromatic heterocycles. The van der Waals surface area contributed by atoms with Gasteiger partial charge in [-0.2, -0.15) is 13.9 Å². The molecule has 2 fully saturated rings. The zero-order valence-corrected chi connectivity index (χ0v) is 23.4. The van der Waals surface area contributed by atoms with E-state index in [1.54, 1.807) is 18.5 Å². The number of carbonyl (C=O) groups excluding carboxylic acids is 1. The first kappa shape index (κ1) is 26.8. The molecule has 0 bridgehead atoms. The highest BCUT2D eigenvalue weighted by atomic mass is 35.5. The van der Waals surface area contributed by atoms with Gasteiger partial charge in [-0.05, 0) is 36.8 Å². The molecule has 1 aromatic carbocycles. The summed E-state index contributed by atoms with van der Waals surface area (Å²) in [5, 5.41) is 9.99. The molecule has 8 nitrogen and oxygen atoms in total. The summed E-state index contributed by atoms with van der Waals surface area (Å²) < 4.78 is 41.7. The summed E-state index contributed by atoms with van der Waals surface area (Å²) in [7, 11) is 0. The number of alkyl halides is 2. The van der Waals surface area contributed by atoms with Crippen LogP contribution in [0.25, 0.3) is 5.57 Å². The Balaban J connectivity index is 1.27. The van der Waals surface area contributed by atoms with Crippen molar-refractivity contribution in [3.05, 3.63) is 105 Å². The zero-order valence-electron chi connectivity index (χ0n) is 21.9. The third-order valence-corrected chi connectivity index (χ3v) is 8.86. The van der Waals surface area contributed by atoms with E-state index in [1.807, 2.05) is 28.5 Å². The molecule has 1 aliphatic carbocycles. The second kappa shape index (κ2) is 10.7. The minimum absolute atomic E-state index is 0.0505. The smallest absolute Gasteiger partial charge is 0.333 e. The number of hydrogen-bond acceptors (Lipinski definition) is 7. The Hall–Kier alpha value is -4.03. The number of aliphatic imine (C=N–C) groups is 1. The van der Waals surface area contributed by atoms with Crippen molar-refractivity contribution in [3.8, 4) is 0 Å². The molecule has 5 heterocycles. The van der Waals surface area contributed by atoms with Crippen LogP contribution in [-0.2, 0) is 4.79 Å². The van der Waals surface area contributed by atoms with E-state index in [1.165, 1.54) is 35.7 Å². The second-order valence-electron chi connectivity index (χ2n) is 10.4. The first-order valence-electron chi connectivity index (χ1n) is 13.4. The molecule has 2 aliphatic heterocycles. The lowest BCUT2D eigenvalue weighted by Crippen LogP contribution is -2.40. The highest BCUT2D eigenvalue weighted by Crippen LogP contribution is 2.48. The zero-order chi connectivity index (χ0) is 29.0. The summed E-state index contributed by atoms with van der Waals surface area (Å²) in [6.07, 6.45) is 5.74. The molecule has 4 aromatic rings. The average molecular weight is 610 g/mol. The number of benzene rings is 1. The Morgan fingerprint density at radius 3 is 2.74 bits per heavy atom. The standard InChI is InChI=1S/C29H23ClF3N7OS/c30-20-11-15(31)4-5-17(20)25-24(22-6-9-40(38-22)29(32)33)23-12-16(14-39(23)26(37-25)28-35-8-10-42-28)36-27(41)19-13-18(19)21-3-1-2-7-34-21/h1-11,16,18-19,25,29H,12-14H2,(H,36,41)/t16-,18?,19+,25-/m0/s1. The van der Waals surface area contributed by atoms with E-state index in [0.717, 1.165) is 17.8 Å². The molecule has 214 valence electrons. The number of pyridine rings is 1. The fraction of sp³-hybridized carbons (Fsp3) is 0.276. The molecule has 4 atom stereocenters. The van der Waals surface area contributed by atoms with Gasteiger partial charge >= 0.3 is 6.55 Å². The number of nitrogens with zero attached hydrogens (tertiary/aromatic N) is 6. The number of rotatable bonds is 7. The minimum atomic E-state index is -2.83. The van der Waals surface area contributed by atoms with Crippen LogP contribution < -0.4 is 5.32 Å². The quantitative estimate of drug-likeness (QED) is 0.285. The van der Waals surface area contributed by atoms with Crippen LogP contribution in [0.1, 0.15) is 53.3 Å². The molecule has 1 unspecified atom stereocenters. The van der Waals surface area contributed by atoms with Gasteiger partial charge in [-0.25, -0.2) is 14.1 Å². The molecule has 0 radical (unpaired) electrons. The van der Waals surface area contributed by atoms with Crippen LogP contribution >= 0.6 is 22.9 Å². The van der Waals surface area contributed by atoms with Gasteiger partial charge in [0, 0.05) is 76.3 Å². The Morgan fingerprint density at radius 1 is 1.14 bits per heavy atom. The SMILES string of the molecule is O=C(N[C@H]1CC2=C(c3ccn(C(F)F)n3)[C@H](c3ccc(F)cc3Cl)N=C(c3nccs3)N2C1)[C@@H]1CC1c1ccccn1. The molecule has 0 spiro atoms. The predicted molar refractivity (Wildman–Crippen MR) is 152 cm³/mol. The highest BCUT2D eigenvalue weighted by molar-refractivity contribution is 7.11. The van der Waals surface area contributed by atoms with Crippen molar-refractivity contribution in [2.75, 3.05) is 6.54 Å². The average Bonchev–Trinajstić information content (AvgIpc) is 3.32. The van der Waals surface area contributed by atoms with Gasteiger partial charge in [0.05, 0.1) is 11.7 Å². The molecular weight excluding hydrogens is 587 g/mol. The summed E-state index contributed by atoms with van der Waals surface area (Å²) in [6, 6.07) is 10.2. The van der Waals surface area contributed by atoms with Gasteiger partial charge in [-0.1, -0.05) is 23.7 Å². The maximum atomic E-state index is 14.0. The Labute approximate surface area is 247 Å². The molecule has 1 saturated carbocycles. The molecule has 1 N–H and O–H groups in total. The molecule has 3 aliphatic rings. The van der Waals surface area contributed by atoms with E-state index in [2.05, 4.69) is 20.4 Å². The van der Waals surface area contributed by atoms with E-state index in [9.17, 15) is 18.0 Å². The van der Waals surface area contributed by atoms with E-state index >= 15 is 0 Å². The van der Waals surface area contributed by atoms with Gasteiger partial charge in [0.1, 0.15) is 11.9 Å². The number of nitrogens with one attached hydrogen (secondary N) is 1. The second-order valence-corrected chi connectivity index (χ2v) is 11.7. The lowest BCUT2D eigenvalue weighted by atomic mass is 9.92. The first-order valence-corrected chi connectivity index (χ1v) is 14.6. The fourth-order valence-corrected chi connectivity index (χ4v) is 6.68. The van der Waals surface area contributed by atoms with E-state index in [4.69, 9.17) is 16.6 Å². The van der Waals surface area contributed by atoms with Gasteiger partial charge in [0.15, 0.2) is 10.8 Å². The van der Waals surface area contributed by atoms with Gasteiger partial charge < -0.3 is 10.2 Å². The number of halogens is 4. The van der Waals surface area contributed by atoms with Crippen molar-refractivity contribution in [2.45, 2.75) is 37.4 Å².